The minimum absolute atomic E-state index is 0.0560. The van der Waals surface area contributed by atoms with Gasteiger partial charge >= 0.3 is 6.03 Å². The molecule has 0 aliphatic carbocycles. The second-order valence-electron chi connectivity index (χ2n) is 4.73. The van der Waals surface area contributed by atoms with Crippen molar-refractivity contribution in [2.45, 2.75) is 12.5 Å². The van der Waals surface area contributed by atoms with E-state index < -0.39 is 33.5 Å². The minimum Gasteiger partial charge on any atom is -0.324 e. The monoisotopic (exact) mass is 304 g/mol. The van der Waals surface area contributed by atoms with Gasteiger partial charge in [0, 0.05) is 24.8 Å². The van der Waals surface area contributed by atoms with Crippen LogP contribution in [0.15, 0.2) is 18.2 Å². The molecule has 20 heavy (non-hydrogen) atoms. The van der Waals surface area contributed by atoms with Crippen molar-refractivity contribution >= 4 is 21.6 Å². The van der Waals surface area contributed by atoms with Crippen LogP contribution >= 0.6 is 0 Å². The van der Waals surface area contributed by atoms with Crippen molar-refractivity contribution in [2.24, 2.45) is 0 Å². The molecule has 0 radical (unpaired) electrons. The molecule has 5 nitrogen and oxygen atoms in total. The van der Waals surface area contributed by atoms with Gasteiger partial charge in [-0.3, -0.25) is 0 Å². The third kappa shape index (κ3) is 3.24. The van der Waals surface area contributed by atoms with Gasteiger partial charge in [-0.2, -0.15) is 0 Å². The molecule has 0 saturated carbocycles. The number of benzene rings is 1. The van der Waals surface area contributed by atoms with Gasteiger partial charge in [0.2, 0.25) is 0 Å². The molecule has 110 valence electrons. The third-order valence-corrected chi connectivity index (χ3v) is 5.00. The summed E-state index contributed by atoms with van der Waals surface area (Å²) in [6.07, 6.45) is 0.379. The molecule has 1 fully saturated rings. The molecule has 1 saturated heterocycles. The van der Waals surface area contributed by atoms with Gasteiger partial charge in [0.05, 0.1) is 11.5 Å². The minimum atomic E-state index is -3.09. The van der Waals surface area contributed by atoms with Crippen LogP contribution in [0.2, 0.25) is 0 Å². The molecule has 2 rings (SSSR count). The van der Waals surface area contributed by atoms with Gasteiger partial charge in [0.25, 0.3) is 0 Å². The average molecular weight is 304 g/mol. The number of halogens is 2. The van der Waals surface area contributed by atoms with Gasteiger partial charge in [-0.25, -0.2) is 22.0 Å². The summed E-state index contributed by atoms with van der Waals surface area (Å²) in [4.78, 5) is 13.2. The van der Waals surface area contributed by atoms with Crippen LogP contribution in [0, 0.1) is 11.6 Å². The Bertz CT molecular complexity index is 634. The molecule has 1 atom stereocenters. The third-order valence-electron chi connectivity index (χ3n) is 3.25. The summed E-state index contributed by atoms with van der Waals surface area (Å²) >= 11 is 0. The highest BCUT2D eigenvalue weighted by Gasteiger charge is 2.32. The van der Waals surface area contributed by atoms with E-state index in [4.69, 9.17) is 0 Å². The average Bonchev–Trinajstić information content (AvgIpc) is 2.73. The van der Waals surface area contributed by atoms with Gasteiger partial charge in [-0.15, -0.1) is 0 Å². The number of nitrogens with zero attached hydrogens (tertiary/aromatic N) is 1. The first-order chi connectivity index (χ1) is 9.28. The number of sulfone groups is 1. The van der Waals surface area contributed by atoms with E-state index in [9.17, 15) is 22.0 Å². The van der Waals surface area contributed by atoms with Gasteiger partial charge in [-0.05, 0) is 18.6 Å². The van der Waals surface area contributed by atoms with Crippen molar-refractivity contribution in [2.75, 3.05) is 23.9 Å². The van der Waals surface area contributed by atoms with Crippen LogP contribution in [0.5, 0.6) is 0 Å². The Morgan fingerprint density at radius 2 is 2.05 bits per heavy atom. The lowest BCUT2D eigenvalue weighted by atomic mass is 10.2. The number of rotatable bonds is 2. The number of amides is 2. The van der Waals surface area contributed by atoms with Gasteiger partial charge in [-0.1, -0.05) is 0 Å². The van der Waals surface area contributed by atoms with E-state index in [0.29, 0.717) is 6.42 Å². The number of urea groups is 1. The van der Waals surface area contributed by atoms with Gasteiger partial charge in [0.15, 0.2) is 21.5 Å². The maximum atomic E-state index is 13.0. The fraction of sp³-hybridized carbons (Fsp3) is 0.417. The molecule has 1 aliphatic rings. The van der Waals surface area contributed by atoms with Crippen molar-refractivity contribution in [1.82, 2.24) is 4.90 Å². The molecular weight excluding hydrogens is 290 g/mol. The van der Waals surface area contributed by atoms with Crippen LogP contribution < -0.4 is 5.32 Å². The SMILES string of the molecule is CN(C(=O)Nc1ccc(F)c(F)c1)C1CCS(=O)(=O)C1. The van der Waals surface area contributed by atoms with Crippen LogP contribution in [0.3, 0.4) is 0 Å². The summed E-state index contributed by atoms with van der Waals surface area (Å²) in [7, 11) is -1.62. The summed E-state index contributed by atoms with van der Waals surface area (Å²) in [5.41, 5.74) is 0.113. The molecule has 1 heterocycles. The van der Waals surface area contributed by atoms with E-state index >= 15 is 0 Å². The lowest BCUT2D eigenvalue weighted by Gasteiger charge is -2.23. The maximum Gasteiger partial charge on any atom is 0.321 e. The highest BCUT2D eigenvalue weighted by Crippen LogP contribution is 2.18. The molecule has 1 aliphatic heterocycles. The standard InChI is InChI=1S/C12H14F2N2O3S/c1-16(9-4-5-20(18,19)7-9)12(17)15-8-2-3-10(13)11(14)6-8/h2-3,6,9H,4-5,7H2,1H3,(H,15,17). The summed E-state index contributed by atoms with van der Waals surface area (Å²) in [6.45, 7) is 0. The largest absolute Gasteiger partial charge is 0.324 e. The molecule has 1 aromatic rings. The number of nitrogens with one attached hydrogen (secondary N) is 1. The predicted molar refractivity (Wildman–Crippen MR) is 70.2 cm³/mol. The van der Waals surface area contributed by atoms with E-state index in [1.54, 1.807) is 0 Å². The van der Waals surface area contributed by atoms with Crippen LogP contribution in [-0.2, 0) is 9.84 Å². The van der Waals surface area contributed by atoms with Crippen molar-refractivity contribution in [3.8, 4) is 0 Å². The van der Waals surface area contributed by atoms with Crippen LogP contribution in [0.1, 0.15) is 6.42 Å². The first-order valence-electron chi connectivity index (χ1n) is 5.98. The zero-order valence-electron chi connectivity index (χ0n) is 10.8. The van der Waals surface area contributed by atoms with Gasteiger partial charge in [0.1, 0.15) is 0 Å². The number of carbonyl (C=O) groups excluding carboxylic acids is 1. The fourth-order valence-electron chi connectivity index (χ4n) is 2.03. The quantitative estimate of drug-likeness (QED) is 0.903. The first-order valence-corrected chi connectivity index (χ1v) is 7.80. The number of carbonyl (C=O) groups is 1. The number of hydrogen-bond donors (Lipinski definition) is 1. The maximum absolute atomic E-state index is 13.0. The van der Waals surface area contributed by atoms with Crippen LogP contribution in [0.4, 0.5) is 19.3 Å². The van der Waals surface area contributed by atoms with E-state index in [1.165, 1.54) is 18.0 Å². The Morgan fingerprint density at radius 3 is 2.60 bits per heavy atom. The number of anilines is 1. The smallest absolute Gasteiger partial charge is 0.321 e. The molecular formula is C12H14F2N2O3S. The van der Waals surface area contributed by atoms with E-state index in [-0.39, 0.29) is 17.2 Å². The second-order valence-corrected chi connectivity index (χ2v) is 6.96. The summed E-state index contributed by atoms with van der Waals surface area (Å²) in [5.74, 6) is -2.08. The van der Waals surface area contributed by atoms with E-state index in [0.717, 1.165) is 12.1 Å². The van der Waals surface area contributed by atoms with Gasteiger partial charge < -0.3 is 10.2 Å². The van der Waals surface area contributed by atoms with Crippen molar-refractivity contribution in [3.63, 3.8) is 0 Å². The zero-order valence-corrected chi connectivity index (χ0v) is 11.6. The Kier molecular flexibility index (Phi) is 3.94. The number of hydrogen-bond acceptors (Lipinski definition) is 3. The van der Waals surface area contributed by atoms with E-state index in [1.807, 2.05) is 0 Å². The first kappa shape index (κ1) is 14.7. The Morgan fingerprint density at radius 1 is 1.35 bits per heavy atom. The predicted octanol–water partition coefficient (Wildman–Crippen LogP) is 1.62. The highest BCUT2D eigenvalue weighted by molar-refractivity contribution is 7.91. The molecule has 1 N–H and O–H groups in total. The molecule has 8 heteroatoms. The lowest BCUT2D eigenvalue weighted by Crippen LogP contribution is -2.40. The normalized spacial score (nSPS) is 20.6. The molecule has 1 aromatic carbocycles. The highest BCUT2D eigenvalue weighted by atomic mass is 32.2. The molecule has 0 bridgehead atoms. The van der Waals surface area contributed by atoms with Crippen LogP contribution in [0.25, 0.3) is 0 Å². The topological polar surface area (TPSA) is 66.5 Å². The summed E-state index contributed by atoms with van der Waals surface area (Å²) < 4.78 is 48.5. The molecule has 2 amide bonds. The molecule has 0 aromatic heterocycles. The van der Waals surface area contributed by atoms with Crippen molar-refractivity contribution in [1.29, 1.82) is 0 Å². The van der Waals surface area contributed by atoms with E-state index in [2.05, 4.69) is 5.32 Å². The Labute approximate surface area is 115 Å². The summed E-state index contributed by atoms with van der Waals surface area (Å²) in [6, 6.07) is 2.05. The Hall–Kier alpha value is -1.70. The Balaban J connectivity index is 2.02. The lowest BCUT2D eigenvalue weighted by molar-refractivity contribution is 0.209. The fourth-order valence-corrected chi connectivity index (χ4v) is 3.81. The van der Waals surface area contributed by atoms with Crippen LogP contribution in [-0.4, -0.2) is 43.9 Å². The zero-order chi connectivity index (χ0) is 14.9. The van der Waals surface area contributed by atoms with Crippen molar-refractivity contribution < 1.29 is 22.0 Å². The second kappa shape index (κ2) is 5.35. The van der Waals surface area contributed by atoms with Crippen molar-refractivity contribution in [3.05, 3.63) is 29.8 Å². The molecule has 1 unspecified atom stereocenters. The molecule has 0 spiro atoms. The summed E-state index contributed by atoms with van der Waals surface area (Å²) in [5, 5.41) is 2.40.